The molecule has 1 aromatic heterocycles. The highest BCUT2D eigenvalue weighted by Gasteiger charge is 2.33. The van der Waals surface area contributed by atoms with Crippen molar-refractivity contribution in [3.63, 3.8) is 0 Å². The van der Waals surface area contributed by atoms with Crippen molar-refractivity contribution in [1.82, 2.24) is 8.87 Å². The number of aromatic nitrogens is 1. The van der Waals surface area contributed by atoms with Crippen molar-refractivity contribution in [2.45, 2.75) is 31.2 Å². The Bertz CT molecular complexity index is 1300. The third-order valence-corrected chi connectivity index (χ3v) is 8.56. The molecule has 0 saturated carbocycles. The van der Waals surface area contributed by atoms with E-state index in [2.05, 4.69) is 4.99 Å². The van der Waals surface area contributed by atoms with Gasteiger partial charge in [0.1, 0.15) is 5.82 Å². The predicted octanol–water partition coefficient (Wildman–Crippen LogP) is 3.41. The third-order valence-electron chi connectivity index (χ3n) is 5.64. The lowest BCUT2D eigenvalue weighted by molar-refractivity contribution is -0.122. The summed E-state index contributed by atoms with van der Waals surface area (Å²) in [4.78, 5) is 18.0. The largest absolute Gasteiger partial charge is 0.380 e. The molecule has 10 heteroatoms. The van der Waals surface area contributed by atoms with Crippen LogP contribution in [-0.2, 0) is 26.1 Å². The molecule has 4 rings (SSSR count). The van der Waals surface area contributed by atoms with Crippen molar-refractivity contribution in [2.24, 2.45) is 10.9 Å². The van der Waals surface area contributed by atoms with Crippen LogP contribution < -0.4 is 4.80 Å². The number of rotatable bonds is 7. The Kier molecular flexibility index (Phi) is 7.38. The molecular formula is C23H26FN3O4S2. The number of hydrogen-bond donors (Lipinski definition) is 0. The molecule has 1 amide bonds. The minimum absolute atomic E-state index is 0.0811. The van der Waals surface area contributed by atoms with Gasteiger partial charge in [0.25, 0.3) is 5.91 Å². The minimum Gasteiger partial charge on any atom is -0.380 e. The molecule has 0 spiro atoms. The fraction of sp³-hybridized carbons (Fsp3) is 0.391. The number of piperidine rings is 1. The Labute approximate surface area is 196 Å². The van der Waals surface area contributed by atoms with Gasteiger partial charge in [-0.05, 0) is 44.0 Å². The van der Waals surface area contributed by atoms with E-state index < -0.39 is 15.9 Å². The van der Waals surface area contributed by atoms with Crippen LogP contribution in [0, 0.1) is 11.7 Å². The molecule has 33 heavy (non-hydrogen) atoms. The zero-order chi connectivity index (χ0) is 23.4. The van der Waals surface area contributed by atoms with Gasteiger partial charge in [-0.3, -0.25) is 4.79 Å². The van der Waals surface area contributed by atoms with E-state index in [9.17, 15) is 17.6 Å². The average molecular weight is 492 g/mol. The molecule has 1 unspecified atom stereocenters. The standard InChI is InChI=1S/C23H26FN3O4S2/c1-2-31-15-14-27-21-19(24)11-6-12-20(21)32-23(27)25-22(28)17-8-7-13-26(16-17)33(29,30)18-9-4-3-5-10-18/h3-6,9-12,17H,2,7-8,13-16H2,1H3. The molecule has 0 bridgehead atoms. The summed E-state index contributed by atoms with van der Waals surface area (Å²) in [7, 11) is -3.68. The molecule has 2 aromatic carbocycles. The van der Waals surface area contributed by atoms with E-state index in [-0.39, 0.29) is 23.2 Å². The number of para-hydroxylation sites is 1. The number of carbonyl (C=O) groups excluding carboxylic acids is 1. The highest BCUT2D eigenvalue weighted by Crippen LogP contribution is 2.25. The molecule has 7 nitrogen and oxygen atoms in total. The van der Waals surface area contributed by atoms with Gasteiger partial charge in [-0.1, -0.05) is 35.6 Å². The van der Waals surface area contributed by atoms with Crippen LogP contribution in [0.25, 0.3) is 10.2 Å². The zero-order valence-corrected chi connectivity index (χ0v) is 19.9. The fourth-order valence-electron chi connectivity index (χ4n) is 3.97. The first-order chi connectivity index (χ1) is 15.9. The SMILES string of the molecule is CCOCCn1c(=NC(=O)C2CCCN(S(=O)(=O)c3ccccc3)C2)sc2cccc(F)c21. The Morgan fingerprint density at radius 3 is 2.76 bits per heavy atom. The van der Waals surface area contributed by atoms with Crippen LogP contribution in [0.3, 0.4) is 0 Å². The number of fused-ring (bicyclic) bond motifs is 1. The van der Waals surface area contributed by atoms with Gasteiger partial charge in [0, 0.05) is 26.2 Å². The number of benzene rings is 2. The second kappa shape index (κ2) is 10.3. The second-order valence-corrected chi connectivity index (χ2v) is 10.7. The lowest BCUT2D eigenvalue weighted by Gasteiger charge is -2.30. The number of halogens is 1. The first-order valence-electron chi connectivity index (χ1n) is 10.9. The minimum atomic E-state index is -3.68. The van der Waals surface area contributed by atoms with Gasteiger partial charge >= 0.3 is 0 Å². The molecule has 0 aliphatic carbocycles. The Morgan fingerprint density at radius 1 is 1.21 bits per heavy atom. The van der Waals surface area contributed by atoms with Gasteiger partial charge in [0.2, 0.25) is 10.0 Å². The highest BCUT2D eigenvalue weighted by atomic mass is 32.2. The molecule has 0 N–H and O–H groups in total. The summed E-state index contributed by atoms with van der Waals surface area (Å²) in [5.74, 6) is -1.32. The van der Waals surface area contributed by atoms with Crippen molar-refractivity contribution in [2.75, 3.05) is 26.3 Å². The number of amides is 1. The molecule has 3 aromatic rings. The van der Waals surface area contributed by atoms with E-state index in [0.29, 0.717) is 54.2 Å². The first kappa shape index (κ1) is 23.7. The number of nitrogens with zero attached hydrogens (tertiary/aromatic N) is 3. The predicted molar refractivity (Wildman–Crippen MR) is 125 cm³/mol. The van der Waals surface area contributed by atoms with Crippen molar-refractivity contribution in [3.05, 3.63) is 59.1 Å². The maximum Gasteiger partial charge on any atom is 0.252 e. The number of ether oxygens (including phenoxy) is 1. The van der Waals surface area contributed by atoms with Gasteiger partial charge in [0.05, 0.1) is 27.6 Å². The molecular weight excluding hydrogens is 465 g/mol. The van der Waals surface area contributed by atoms with Crippen LogP contribution >= 0.6 is 11.3 Å². The molecule has 0 radical (unpaired) electrons. The molecule has 1 fully saturated rings. The van der Waals surface area contributed by atoms with Crippen molar-refractivity contribution in [3.8, 4) is 0 Å². The lowest BCUT2D eigenvalue weighted by atomic mass is 9.99. The topological polar surface area (TPSA) is 81.0 Å². The number of hydrogen-bond acceptors (Lipinski definition) is 5. The summed E-state index contributed by atoms with van der Waals surface area (Å²) in [6.07, 6.45) is 1.13. The van der Waals surface area contributed by atoms with E-state index in [0.717, 1.165) is 0 Å². The number of carbonyl (C=O) groups is 1. The summed E-state index contributed by atoms with van der Waals surface area (Å²) < 4.78 is 49.7. The molecule has 1 aliphatic rings. The van der Waals surface area contributed by atoms with Crippen LogP contribution in [0.1, 0.15) is 19.8 Å². The molecule has 1 aliphatic heterocycles. The van der Waals surface area contributed by atoms with Gasteiger partial charge in [-0.2, -0.15) is 9.30 Å². The first-order valence-corrected chi connectivity index (χ1v) is 13.2. The lowest BCUT2D eigenvalue weighted by Crippen LogP contribution is -2.42. The number of thiazole rings is 1. The molecule has 2 heterocycles. The van der Waals surface area contributed by atoms with Crippen LogP contribution in [0.2, 0.25) is 0 Å². The van der Waals surface area contributed by atoms with E-state index in [1.807, 2.05) is 6.92 Å². The summed E-state index contributed by atoms with van der Waals surface area (Å²) in [5, 5.41) is 0. The van der Waals surface area contributed by atoms with Crippen LogP contribution in [-0.4, -0.2) is 49.5 Å². The molecule has 1 atom stereocenters. The third kappa shape index (κ3) is 5.08. The van der Waals surface area contributed by atoms with Gasteiger partial charge < -0.3 is 9.30 Å². The second-order valence-electron chi connectivity index (χ2n) is 7.79. The monoisotopic (exact) mass is 491 g/mol. The van der Waals surface area contributed by atoms with Crippen LogP contribution in [0.5, 0.6) is 0 Å². The van der Waals surface area contributed by atoms with E-state index in [1.54, 1.807) is 47.0 Å². The Balaban J connectivity index is 1.62. The summed E-state index contributed by atoms with van der Waals surface area (Å²) in [5.41, 5.74) is 0.394. The smallest absolute Gasteiger partial charge is 0.252 e. The maximum atomic E-state index is 14.6. The summed E-state index contributed by atoms with van der Waals surface area (Å²) in [6.45, 7) is 3.58. The zero-order valence-electron chi connectivity index (χ0n) is 18.3. The van der Waals surface area contributed by atoms with Crippen LogP contribution in [0.15, 0.2) is 58.4 Å². The van der Waals surface area contributed by atoms with Gasteiger partial charge in [-0.25, -0.2) is 12.8 Å². The number of sulfonamides is 1. The summed E-state index contributed by atoms with van der Waals surface area (Å²) in [6, 6.07) is 13.0. The quantitative estimate of drug-likeness (QED) is 0.475. The van der Waals surface area contributed by atoms with Crippen LogP contribution in [0.4, 0.5) is 4.39 Å². The van der Waals surface area contributed by atoms with E-state index >= 15 is 0 Å². The van der Waals surface area contributed by atoms with E-state index in [4.69, 9.17) is 4.74 Å². The van der Waals surface area contributed by atoms with Crippen molar-refractivity contribution in [1.29, 1.82) is 0 Å². The fourth-order valence-corrected chi connectivity index (χ4v) is 6.59. The van der Waals surface area contributed by atoms with Crippen molar-refractivity contribution >= 4 is 37.5 Å². The Morgan fingerprint density at radius 2 is 2.00 bits per heavy atom. The normalized spacial score (nSPS) is 18.1. The van der Waals surface area contributed by atoms with Gasteiger partial charge in [0.15, 0.2) is 4.80 Å². The van der Waals surface area contributed by atoms with E-state index in [1.165, 1.54) is 21.7 Å². The maximum absolute atomic E-state index is 14.6. The molecule has 1 saturated heterocycles. The Hall–Kier alpha value is -2.40. The van der Waals surface area contributed by atoms with Crippen molar-refractivity contribution < 1.29 is 22.3 Å². The highest BCUT2D eigenvalue weighted by molar-refractivity contribution is 7.89. The average Bonchev–Trinajstić information content (AvgIpc) is 3.18. The molecule has 176 valence electrons. The summed E-state index contributed by atoms with van der Waals surface area (Å²) >= 11 is 1.24. The van der Waals surface area contributed by atoms with Gasteiger partial charge in [-0.15, -0.1) is 0 Å².